The van der Waals surface area contributed by atoms with Crippen LogP contribution in [0.15, 0.2) is 64.7 Å². The highest BCUT2D eigenvalue weighted by molar-refractivity contribution is 6.19. The molecule has 0 saturated carbocycles. The molecule has 118 valence electrons. The summed E-state index contributed by atoms with van der Waals surface area (Å²) in [5.74, 6) is -1.13. The second-order valence-electron chi connectivity index (χ2n) is 5.18. The number of hydrogen-bond acceptors (Lipinski definition) is 3. The van der Waals surface area contributed by atoms with Crippen LogP contribution in [0.2, 0.25) is 0 Å². The van der Waals surface area contributed by atoms with Crippen LogP contribution in [0.25, 0.3) is 10.4 Å². The number of carbonyl (C=O) groups excluding carboxylic acids is 2. The maximum Gasteiger partial charge on any atom is 0.249 e. The molecule has 1 aliphatic heterocycles. The molecule has 1 atom stereocenters. The van der Waals surface area contributed by atoms with E-state index in [-0.39, 0.29) is 6.42 Å². The SMILES string of the molecule is [N-]=[N+]=NC(=O)C[C@@H]1N=C(c2ccccc2)c2ccccc2NC1=O. The van der Waals surface area contributed by atoms with Gasteiger partial charge in [0.2, 0.25) is 11.8 Å². The van der Waals surface area contributed by atoms with E-state index >= 15 is 0 Å². The van der Waals surface area contributed by atoms with Crippen molar-refractivity contribution < 1.29 is 9.59 Å². The van der Waals surface area contributed by atoms with Crippen molar-refractivity contribution in [1.29, 1.82) is 0 Å². The van der Waals surface area contributed by atoms with Crippen LogP contribution in [-0.2, 0) is 9.59 Å². The first-order valence-electron chi connectivity index (χ1n) is 7.30. The summed E-state index contributed by atoms with van der Waals surface area (Å²) in [6.45, 7) is 0. The van der Waals surface area contributed by atoms with Gasteiger partial charge in [-0.1, -0.05) is 48.5 Å². The maximum atomic E-state index is 12.4. The van der Waals surface area contributed by atoms with Crippen molar-refractivity contribution in [3.05, 3.63) is 76.2 Å². The number of azide groups is 1. The smallest absolute Gasteiger partial charge is 0.249 e. The lowest BCUT2D eigenvalue weighted by atomic mass is 10.0. The summed E-state index contributed by atoms with van der Waals surface area (Å²) >= 11 is 0. The van der Waals surface area contributed by atoms with E-state index in [0.717, 1.165) is 11.1 Å². The first-order valence-corrected chi connectivity index (χ1v) is 7.30. The van der Waals surface area contributed by atoms with E-state index in [1.54, 1.807) is 6.07 Å². The van der Waals surface area contributed by atoms with Gasteiger partial charge < -0.3 is 5.32 Å². The fourth-order valence-electron chi connectivity index (χ4n) is 2.52. The third kappa shape index (κ3) is 3.16. The number of rotatable bonds is 3. The first-order chi connectivity index (χ1) is 11.7. The predicted octanol–water partition coefficient (Wildman–Crippen LogP) is 3.07. The molecule has 7 nitrogen and oxygen atoms in total. The van der Waals surface area contributed by atoms with Gasteiger partial charge in [0.15, 0.2) is 0 Å². The average Bonchev–Trinajstić information content (AvgIpc) is 2.73. The van der Waals surface area contributed by atoms with Crippen LogP contribution < -0.4 is 5.32 Å². The number of benzodiazepines with no additional fused rings is 1. The molecule has 0 fully saturated rings. The topological polar surface area (TPSA) is 107 Å². The van der Waals surface area contributed by atoms with Gasteiger partial charge in [0.05, 0.1) is 11.4 Å². The zero-order valence-electron chi connectivity index (χ0n) is 12.6. The third-order valence-electron chi connectivity index (χ3n) is 3.60. The van der Waals surface area contributed by atoms with Gasteiger partial charge in [-0.05, 0) is 16.7 Å². The fourth-order valence-corrected chi connectivity index (χ4v) is 2.52. The molecule has 1 N–H and O–H groups in total. The third-order valence-corrected chi connectivity index (χ3v) is 3.60. The van der Waals surface area contributed by atoms with Gasteiger partial charge in [-0.15, -0.1) is 0 Å². The van der Waals surface area contributed by atoms with Crippen LogP contribution >= 0.6 is 0 Å². The Morgan fingerprint density at radius 2 is 1.88 bits per heavy atom. The highest BCUT2D eigenvalue weighted by Gasteiger charge is 2.27. The molecule has 0 aromatic heterocycles. The van der Waals surface area contributed by atoms with Crippen molar-refractivity contribution in [2.45, 2.75) is 12.5 Å². The van der Waals surface area contributed by atoms with Crippen LogP contribution in [-0.4, -0.2) is 23.6 Å². The van der Waals surface area contributed by atoms with Crippen LogP contribution in [0.5, 0.6) is 0 Å². The Labute approximate surface area is 137 Å². The maximum absolute atomic E-state index is 12.4. The number of hydrogen-bond donors (Lipinski definition) is 1. The van der Waals surface area contributed by atoms with E-state index < -0.39 is 17.9 Å². The zero-order chi connectivity index (χ0) is 16.9. The highest BCUT2D eigenvalue weighted by atomic mass is 16.2. The van der Waals surface area contributed by atoms with Gasteiger partial charge in [0.25, 0.3) is 0 Å². The minimum Gasteiger partial charge on any atom is -0.324 e. The first kappa shape index (κ1) is 15.5. The molecular weight excluding hydrogens is 306 g/mol. The van der Waals surface area contributed by atoms with E-state index in [1.807, 2.05) is 48.5 Å². The Hall–Kier alpha value is -3.44. The molecule has 2 aromatic rings. The molecule has 24 heavy (non-hydrogen) atoms. The minimum absolute atomic E-state index is 0.278. The molecule has 0 radical (unpaired) electrons. The molecule has 0 spiro atoms. The molecule has 0 saturated heterocycles. The number of aliphatic imine (C=N–C) groups is 1. The molecule has 2 amide bonds. The highest BCUT2D eigenvalue weighted by Crippen LogP contribution is 2.24. The van der Waals surface area contributed by atoms with Gasteiger partial charge in [-0.3, -0.25) is 14.6 Å². The number of benzene rings is 2. The van der Waals surface area contributed by atoms with Crippen LogP contribution in [0.3, 0.4) is 0 Å². The summed E-state index contributed by atoms with van der Waals surface area (Å²) in [5, 5.41) is 5.80. The lowest BCUT2D eigenvalue weighted by molar-refractivity contribution is -0.123. The van der Waals surface area contributed by atoms with Crippen molar-refractivity contribution >= 4 is 23.2 Å². The summed E-state index contributed by atoms with van der Waals surface area (Å²) in [7, 11) is 0. The average molecular weight is 319 g/mol. The largest absolute Gasteiger partial charge is 0.324 e. The Kier molecular flexibility index (Phi) is 4.36. The monoisotopic (exact) mass is 319 g/mol. The van der Waals surface area contributed by atoms with Gasteiger partial charge in [0.1, 0.15) is 6.04 Å². The quantitative estimate of drug-likeness (QED) is 0.533. The summed E-state index contributed by atoms with van der Waals surface area (Å²) in [6.07, 6.45) is -0.278. The standard InChI is InChI=1S/C17H13N5O2/c18-22-21-15(23)10-14-17(24)20-13-9-5-4-8-12(13)16(19-14)11-6-2-1-3-7-11/h1-9,14H,10H2,(H,20,24)/t14-/m0/s1. The Bertz CT molecular complexity index is 870. The number of nitrogens with one attached hydrogen (secondary N) is 1. The van der Waals surface area contributed by atoms with Crippen molar-refractivity contribution in [3.8, 4) is 0 Å². The van der Waals surface area contributed by atoms with Gasteiger partial charge in [0, 0.05) is 22.5 Å². The molecule has 1 aliphatic rings. The van der Waals surface area contributed by atoms with E-state index in [9.17, 15) is 9.59 Å². The predicted molar refractivity (Wildman–Crippen MR) is 89.7 cm³/mol. The molecule has 3 rings (SSSR count). The van der Waals surface area contributed by atoms with E-state index in [4.69, 9.17) is 5.53 Å². The van der Waals surface area contributed by atoms with E-state index in [1.165, 1.54) is 0 Å². The van der Waals surface area contributed by atoms with Crippen LogP contribution in [0, 0.1) is 0 Å². The van der Waals surface area contributed by atoms with Crippen molar-refractivity contribution in [2.24, 2.45) is 10.1 Å². The summed E-state index contributed by atoms with van der Waals surface area (Å²) < 4.78 is 0. The number of fused-ring (bicyclic) bond motifs is 1. The number of amides is 2. The molecule has 0 bridgehead atoms. The van der Waals surface area contributed by atoms with Crippen LogP contribution in [0.4, 0.5) is 5.69 Å². The number of carbonyl (C=O) groups is 2. The van der Waals surface area contributed by atoms with E-state index in [0.29, 0.717) is 11.4 Å². The molecular formula is C17H13N5O2. The van der Waals surface area contributed by atoms with Crippen molar-refractivity contribution in [2.75, 3.05) is 5.32 Å². The lowest BCUT2D eigenvalue weighted by Gasteiger charge is -2.09. The fraction of sp³-hybridized carbons (Fsp3) is 0.118. The summed E-state index contributed by atoms with van der Waals surface area (Å²) in [6, 6.07) is 15.8. The number of anilines is 1. The number of nitrogens with zero attached hydrogens (tertiary/aromatic N) is 4. The molecule has 0 unspecified atom stereocenters. The van der Waals surface area contributed by atoms with Gasteiger partial charge in [-0.2, -0.15) is 0 Å². The lowest BCUT2D eigenvalue weighted by Crippen LogP contribution is -2.27. The van der Waals surface area contributed by atoms with Crippen molar-refractivity contribution in [3.63, 3.8) is 0 Å². The Morgan fingerprint density at radius 3 is 2.62 bits per heavy atom. The molecule has 1 heterocycles. The zero-order valence-corrected chi connectivity index (χ0v) is 12.6. The molecule has 0 aliphatic carbocycles. The normalized spacial score (nSPS) is 16.1. The summed E-state index contributed by atoms with van der Waals surface area (Å²) in [4.78, 5) is 31.0. The van der Waals surface area contributed by atoms with Crippen LogP contribution in [0.1, 0.15) is 17.5 Å². The van der Waals surface area contributed by atoms with Crippen molar-refractivity contribution in [1.82, 2.24) is 0 Å². The second kappa shape index (κ2) is 6.76. The van der Waals surface area contributed by atoms with Gasteiger partial charge in [-0.25, -0.2) is 0 Å². The molecule has 7 heteroatoms. The Morgan fingerprint density at radius 1 is 1.17 bits per heavy atom. The minimum atomic E-state index is -0.953. The van der Waals surface area contributed by atoms with E-state index in [2.05, 4.69) is 20.3 Å². The van der Waals surface area contributed by atoms with Gasteiger partial charge >= 0.3 is 0 Å². The molecule has 2 aromatic carbocycles. The Balaban J connectivity index is 2.10. The summed E-state index contributed by atoms with van der Waals surface area (Å²) in [5.41, 5.74) is 11.2. The number of para-hydroxylation sites is 1. The second-order valence-corrected chi connectivity index (χ2v) is 5.18.